The van der Waals surface area contributed by atoms with Crippen molar-refractivity contribution in [3.63, 3.8) is 0 Å². The number of fused-ring (bicyclic) bond motifs is 2. The molecule has 188 valence electrons. The molecule has 2 saturated heterocycles. The third kappa shape index (κ3) is 3.34. The van der Waals surface area contributed by atoms with Gasteiger partial charge in [-0.25, -0.2) is 0 Å². The molecule has 0 radical (unpaired) electrons. The van der Waals surface area contributed by atoms with Crippen molar-refractivity contribution in [3.05, 3.63) is 65.9 Å². The van der Waals surface area contributed by atoms with Crippen LogP contribution in [0.25, 0.3) is 10.9 Å². The Morgan fingerprint density at radius 1 is 1.00 bits per heavy atom. The molecule has 6 heteroatoms. The van der Waals surface area contributed by atoms with Crippen molar-refractivity contribution in [2.75, 3.05) is 26.2 Å². The molecular weight excluding hydrogens is 450 g/mol. The predicted octanol–water partition coefficient (Wildman–Crippen LogP) is 3.68. The van der Waals surface area contributed by atoms with Crippen molar-refractivity contribution in [1.82, 2.24) is 14.4 Å². The van der Waals surface area contributed by atoms with Crippen molar-refractivity contribution in [3.8, 4) is 5.75 Å². The van der Waals surface area contributed by atoms with E-state index in [0.717, 1.165) is 54.7 Å². The van der Waals surface area contributed by atoms with Gasteiger partial charge in [-0.05, 0) is 91.8 Å². The van der Waals surface area contributed by atoms with Crippen LogP contribution in [0.1, 0.15) is 43.2 Å². The molecule has 0 unspecified atom stereocenters. The first-order valence-corrected chi connectivity index (χ1v) is 13.6. The fourth-order valence-electron chi connectivity index (χ4n) is 7.64. The quantitative estimate of drug-likeness (QED) is 0.592. The summed E-state index contributed by atoms with van der Waals surface area (Å²) < 4.78 is 2.03. The predicted molar refractivity (Wildman–Crippen MR) is 139 cm³/mol. The Hall–Kier alpha value is -2.83. The minimum absolute atomic E-state index is 0.0623. The summed E-state index contributed by atoms with van der Waals surface area (Å²) in [5.41, 5.74) is 2.09. The van der Waals surface area contributed by atoms with Crippen LogP contribution in [0.2, 0.25) is 0 Å². The first-order valence-electron chi connectivity index (χ1n) is 13.6. The van der Waals surface area contributed by atoms with E-state index in [0.29, 0.717) is 26.1 Å². The van der Waals surface area contributed by atoms with Gasteiger partial charge in [-0.3, -0.25) is 9.69 Å². The van der Waals surface area contributed by atoms with Crippen molar-refractivity contribution < 1.29 is 15.0 Å². The number of amides is 1. The highest BCUT2D eigenvalue weighted by molar-refractivity contribution is 5.83. The van der Waals surface area contributed by atoms with Crippen LogP contribution in [0.3, 0.4) is 0 Å². The van der Waals surface area contributed by atoms with E-state index in [2.05, 4.69) is 29.2 Å². The molecule has 3 fully saturated rings. The number of para-hydroxylation sites is 1. The Bertz CT molecular complexity index is 1330. The van der Waals surface area contributed by atoms with Gasteiger partial charge in [0.2, 0.25) is 5.91 Å². The first-order chi connectivity index (χ1) is 17.5. The van der Waals surface area contributed by atoms with E-state index < -0.39 is 11.0 Å². The molecule has 2 N–H and O–H groups in total. The summed E-state index contributed by atoms with van der Waals surface area (Å²) >= 11 is 0. The lowest BCUT2D eigenvalue weighted by atomic mass is 9.52. The van der Waals surface area contributed by atoms with Gasteiger partial charge in [-0.15, -0.1) is 0 Å². The highest BCUT2D eigenvalue weighted by Gasteiger charge is 2.63. The van der Waals surface area contributed by atoms with Gasteiger partial charge in [-0.1, -0.05) is 24.3 Å². The SMILES string of the molecule is O=C(Cn1ccc2ccccc21)N1CC[C@]23CCN(CC4CC4)[C@H](Cc4ccc(O)cc42)[C@]3(O)CC1. The van der Waals surface area contributed by atoms with Gasteiger partial charge in [0, 0.05) is 42.8 Å². The number of aliphatic hydroxyl groups is 1. The van der Waals surface area contributed by atoms with Crippen LogP contribution in [0, 0.1) is 5.92 Å². The number of hydrogen-bond donors (Lipinski definition) is 2. The number of rotatable bonds is 4. The van der Waals surface area contributed by atoms with Crippen molar-refractivity contribution in [2.45, 2.75) is 62.1 Å². The molecule has 6 nitrogen and oxygen atoms in total. The maximum Gasteiger partial charge on any atom is 0.242 e. The molecule has 2 aromatic carbocycles. The number of carbonyl (C=O) groups is 1. The van der Waals surface area contributed by atoms with E-state index in [1.807, 2.05) is 33.9 Å². The summed E-state index contributed by atoms with van der Waals surface area (Å²) in [6, 6.07) is 16.0. The normalized spacial score (nSPS) is 30.0. The highest BCUT2D eigenvalue weighted by atomic mass is 16.3. The van der Waals surface area contributed by atoms with E-state index in [4.69, 9.17) is 0 Å². The zero-order chi connectivity index (χ0) is 24.5. The molecule has 2 bridgehead atoms. The average molecular weight is 486 g/mol. The lowest BCUT2D eigenvalue weighted by molar-refractivity contribution is -0.149. The van der Waals surface area contributed by atoms with Gasteiger partial charge in [0.25, 0.3) is 0 Å². The van der Waals surface area contributed by atoms with Gasteiger partial charge in [-0.2, -0.15) is 0 Å². The first kappa shape index (κ1) is 22.4. The number of nitrogens with zero attached hydrogens (tertiary/aromatic N) is 3. The molecule has 2 aliphatic carbocycles. The summed E-state index contributed by atoms with van der Waals surface area (Å²) in [5.74, 6) is 1.14. The number of aromatic hydroxyl groups is 1. The molecular formula is C30H35N3O3. The molecule has 1 saturated carbocycles. The Morgan fingerprint density at radius 3 is 2.67 bits per heavy atom. The van der Waals surface area contributed by atoms with Crippen LogP contribution >= 0.6 is 0 Å². The number of benzene rings is 2. The smallest absolute Gasteiger partial charge is 0.242 e. The zero-order valence-electron chi connectivity index (χ0n) is 20.8. The van der Waals surface area contributed by atoms with Gasteiger partial charge >= 0.3 is 0 Å². The lowest BCUT2D eigenvalue weighted by Crippen LogP contribution is -2.71. The summed E-state index contributed by atoms with van der Waals surface area (Å²) in [6.45, 7) is 3.55. The van der Waals surface area contributed by atoms with Crippen LogP contribution in [0.15, 0.2) is 54.7 Å². The van der Waals surface area contributed by atoms with Crippen LogP contribution in [0.5, 0.6) is 5.75 Å². The standard InChI is InChI=1S/C30H35N3O3/c34-24-8-7-23-17-27-30(36)12-16-31(28(35)20-32-13-9-22-3-1-2-4-26(22)32)14-10-29(30,25(23)18-24)11-15-33(27)19-21-5-6-21/h1-4,7-9,13,18,21,27,34,36H,5-6,10-12,14-17,19-20H2/t27-,29+,30-/m1/s1. The van der Waals surface area contributed by atoms with Crippen molar-refractivity contribution in [1.29, 1.82) is 0 Å². The third-order valence-corrected chi connectivity index (χ3v) is 9.77. The molecule has 1 amide bonds. The Balaban J connectivity index is 1.21. The second kappa shape index (κ2) is 8.09. The maximum atomic E-state index is 13.6. The highest BCUT2D eigenvalue weighted by Crippen LogP contribution is 2.56. The van der Waals surface area contributed by atoms with Gasteiger partial charge in [0.15, 0.2) is 0 Å². The van der Waals surface area contributed by atoms with Crippen LogP contribution in [-0.2, 0) is 23.2 Å². The van der Waals surface area contributed by atoms with E-state index in [1.165, 1.54) is 18.4 Å². The zero-order valence-corrected chi connectivity index (χ0v) is 20.8. The minimum Gasteiger partial charge on any atom is -0.508 e. The van der Waals surface area contributed by atoms with Crippen molar-refractivity contribution in [2.24, 2.45) is 5.92 Å². The number of aromatic nitrogens is 1. The van der Waals surface area contributed by atoms with Gasteiger partial charge in [0.1, 0.15) is 12.3 Å². The Morgan fingerprint density at radius 2 is 1.81 bits per heavy atom. The van der Waals surface area contributed by atoms with Gasteiger partial charge in [0.05, 0.1) is 5.60 Å². The van der Waals surface area contributed by atoms with Gasteiger partial charge < -0.3 is 19.7 Å². The lowest BCUT2D eigenvalue weighted by Gasteiger charge is -2.61. The average Bonchev–Trinajstić information content (AvgIpc) is 3.63. The number of piperidine rings is 1. The van der Waals surface area contributed by atoms with Crippen LogP contribution < -0.4 is 0 Å². The summed E-state index contributed by atoms with van der Waals surface area (Å²) in [4.78, 5) is 18.1. The summed E-state index contributed by atoms with van der Waals surface area (Å²) in [5, 5.41) is 24.2. The molecule has 36 heavy (non-hydrogen) atoms. The maximum absolute atomic E-state index is 13.6. The fraction of sp³-hybridized carbons (Fsp3) is 0.500. The topological polar surface area (TPSA) is 68.9 Å². The van der Waals surface area contributed by atoms with Crippen molar-refractivity contribution >= 4 is 16.8 Å². The molecule has 3 atom stereocenters. The largest absolute Gasteiger partial charge is 0.508 e. The third-order valence-electron chi connectivity index (χ3n) is 9.77. The second-order valence-corrected chi connectivity index (χ2v) is 11.6. The van der Waals surface area contributed by atoms with E-state index in [1.54, 1.807) is 6.07 Å². The van der Waals surface area contributed by atoms with Crippen LogP contribution in [0.4, 0.5) is 0 Å². The monoisotopic (exact) mass is 485 g/mol. The fourth-order valence-corrected chi connectivity index (χ4v) is 7.64. The van der Waals surface area contributed by atoms with E-state index >= 15 is 0 Å². The molecule has 0 spiro atoms. The Labute approximate surface area is 212 Å². The molecule has 2 aliphatic heterocycles. The van der Waals surface area contributed by atoms with Crippen LogP contribution in [-0.4, -0.2) is 68.3 Å². The number of likely N-dealkylation sites (tertiary alicyclic amines) is 2. The molecule has 1 aromatic heterocycles. The minimum atomic E-state index is -0.907. The molecule has 4 aliphatic rings. The van der Waals surface area contributed by atoms with E-state index in [9.17, 15) is 15.0 Å². The number of carbonyl (C=O) groups excluding carboxylic acids is 1. The molecule has 3 heterocycles. The number of hydrogen-bond acceptors (Lipinski definition) is 4. The number of phenolic OH excluding ortho intramolecular Hbond substituents is 1. The van der Waals surface area contributed by atoms with E-state index in [-0.39, 0.29) is 17.7 Å². The summed E-state index contributed by atoms with van der Waals surface area (Å²) in [7, 11) is 0. The number of phenols is 1. The summed E-state index contributed by atoms with van der Waals surface area (Å²) in [6.07, 6.45) is 7.57. The molecule has 7 rings (SSSR count). The Kier molecular flexibility index (Phi) is 5.03. The second-order valence-electron chi connectivity index (χ2n) is 11.6. The molecule has 3 aromatic rings.